The first-order chi connectivity index (χ1) is 10.5. The molecule has 2 aliphatic rings. The Morgan fingerprint density at radius 1 is 1.55 bits per heavy atom. The number of likely N-dealkylation sites (tertiary alicyclic amines) is 1. The molecule has 22 heavy (non-hydrogen) atoms. The van der Waals surface area contributed by atoms with Crippen molar-refractivity contribution in [3.63, 3.8) is 0 Å². The van der Waals surface area contributed by atoms with Crippen LogP contribution in [0.2, 0.25) is 0 Å². The number of aryl methyl sites for hydroxylation is 1. The van der Waals surface area contributed by atoms with Crippen LogP contribution in [0.15, 0.2) is 6.07 Å². The Labute approximate surface area is 132 Å². The number of carbonyl (C=O) groups excluding carboxylic acids is 1. The van der Waals surface area contributed by atoms with Crippen LogP contribution in [0.3, 0.4) is 0 Å². The number of methoxy groups -OCH3 is 1. The van der Waals surface area contributed by atoms with Crippen molar-refractivity contribution >= 4 is 23.2 Å². The van der Waals surface area contributed by atoms with E-state index in [2.05, 4.69) is 0 Å². The van der Waals surface area contributed by atoms with Gasteiger partial charge in [-0.1, -0.05) is 0 Å². The quantitative estimate of drug-likeness (QED) is 0.914. The van der Waals surface area contributed by atoms with Gasteiger partial charge in [0.25, 0.3) is 5.91 Å². The van der Waals surface area contributed by atoms with E-state index in [-0.39, 0.29) is 18.4 Å². The molecule has 0 unspecified atom stereocenters. The highest BCUT2D eigenvalue weighted by molar-refractivity contribution is 7.14. The van der Waals surface area contributed by atoms with Gasteiger partial charge in [-0.25, -0.2) is 0 Å². The van der Waals surface area contributed by atoms with E-state index in [9.17, 15) is 14.7 Å². The van der Waals surface area contributed by atoms with Crippen molar-refractivity contribution in [2.24, 2.45) is 11.3 Å². The van der Waals surface area contributed by atoms with E-state index < -0.39 is 11.4 Å². The molecule has 0 saturated carbocycles. The molecular weight excluding hydrogens is 306 g/mol. The van der Waals surface area contributed by atoms with Crippen molar-refractivity contribution in [3.05, 3.63) is 15.8 Å². The Morgan fingerprint density at radius 2 is 2.32 bits per heavy atom. The van der Waals surface area contributed by atoms with Crippen LogP contribution in [-0.2, 0) is 9.53 Å². The summed E-state index contributed by atoms with van der Waals surface area (Å²) >= 11 is 1.38. The molecule has 2 atom stereocenters. The summed E-state index contributed by atoms with van der Waals surface area (Å²) in [6.45, 7) is 3.42. The monoisotopic (exact) mass is 325 g/mol. The summed E-state index contributed by atoms with van der Waals surface area (Å²) in [4.78, 5) is 27.7. The summed E-state index contributed by atoms with van der Waals surface area (Å²) < 4.78 is 10.7. The fourth-order valence-electron chi connectivity index (χ4n) is 3.39. The zero-order chi connectivity index (χ0) is 15.9. The minimum atomic E-state index is -0.868. The number of aliphatic carboxylic acids is 1. The van der Waals surface area contributed by atoms with Gasteiger partial charge in [-0.15, -0.1) is 11.3 Å². The van der Waals surface area contributed by atoms with Gasteiger partial charge in [0.2, 0.25) is 0 Å². The Kier molecular flexibility index (Phi) is 3.86. The first-order valence-electron chi connectivity index (χ1n) is 7.23. The number of hydrogen-bond donors (Lipinski definition) is 1. The summed E-state index contributed by atoms with van der Waals surface area (Å²) in [7, 11) is 1.54. The molecule has 120 valence electrons. The van der Waals surface area contributed by atoms with E-state index in [1.165, 1.54) is 18.4 Å². The zero-order valence-corrected chi connectivity index (χ0v) is 13.4. The van der Waals surface area contributed by atoms with Gasteiger partial charge in [0.15, 0.2) is 0 Å². The lowest BCUT2D eigenvalue weighted by Crippen LogP contribution is -2.45. The van der Waals surface area contributed by atoms with Crippen LogP contribution in [0, 0.1) is 18.3 Å². The molecule has 3 heterocycles. The molecule has 0 aliphatic carbocycles. The average molecular weight is 325 g/mol. The highest BCUT2D eigenvalue weighted by Gasteiger charge is 2.55. The summed E-state index contributed by atoms with van der Waals surface area (Å²) in [5.41, 5.74) is -0.868. The van der Waals surface area contributed by atoms with Crippen LogP contribution in [0.1, 0.15) is 21.0 Å². The number of hydrogen-bond acceptors (Lipinski definition) is 5. The van der Waals surface area contributed by atoms with E-state index in [4.69, 9.17) is 9.47 Å². The number of thiophene rings is 1. The number of carboxylic acids is 1. The number of nitrogens with zero attached hydrogens (tertiary/aromatic N) is 1. The van der Waals surface area contributed by atoms with Crippen LogP contribution in [0.5, 0.6) is 5.75 Å². The zero-order valence-electron chi connectivity index (χ0n) is 12.6. The van der Waals surface area contributed by atoms with E-state index in [0.29, 0.717) is 36.8 Å². The van der Waals surface area contributed by atoms with E-state index in [1.807, 2.05) is 13.0 Å². The van der Waals surface area contributed by atoms with E-state index in [1.54, 1.807) is 4.90 Å². The van der Waals surface area contributed by atoms with Crippen LogP contribution in [-0.4, -0.2) is 55.3 Å². The van der Waals surface area contributed by atoms with Gasteiger partial charge >= 0.3 is 5.97 Å². The van der Waals surface area contributed by atoms with Gasteiger partial charge in [0.1, 0.15) is 10.6 Å². The number of carboxylic acid groups (broad SMARTS) is 1. The van der Waals surface area contributed by atoms with Crippen LogP contribution in [0.25, 0.3) is 0 Å². The normalized spacial score (nSPS) is 27.5. The van der Waals surface area contributed by atoms with Crippen LogP contribution in [0.4, 0.5) is 0 Å². The Hall–Kier alpha value is -1.60. The SMILES string of the molecule is COc1cc(C)sc1C(=O)N1C[C@H]2COCC[C@@]2(C(=O)O)C1. The molecular formula is C15H19NO5S. The second-order valence-electron chi connectivity index (χ2n) is 5.92. The molecule has 2 saturated heterocycles. The number of amides is 1. The third-order valence-electron chi connectivity index (χ3n) is 4.66. The van der Waals surface area contributed by atoms with Crippen LogP contribution < -0.4 is 4.74 Å². The number of carbonyl (C=O) groups is 2. The summed E-state index contributed by atoms with van der Waals surface area (Å²) in [5, 5.41) is 9.66. The molecule has 2 fully saturated rings. The lowest BCUT2D eigenvalue weighted by molar-refractivity contribution is -0.157. The largest absolute Gasteiger partial charge is 0.495 e. The second kappa shape index (κ2) is 5.55. The Balaban J connectivity index is 1.87. The fraction of sp³-hybridized carbons (Fsp3) is 0.600. The number of rotatable bonds is 3. The summed E-state index contributed by atoms with van der Waals surface area (Å²) in [6, 6.07) is 1.83. The first-order valence-corrected chi connectivity index (χ1v) is 8.04. The lowest BCUT2D eigenvalue weighted by atomic mass is 9.74. The molecule has 0 radical (unpaired) electrons. The predicted molar refractivity (Wildman–Crippen MR) is 80.5 cm³/mol. The molecule has 1 aromatic heterocycles. The fourth-order valence-corrected chi connectivity index (χ4v) is 4.34. The molecule has 0 spiro atoms. The van der Waals surface area contributed by atoms with Gasteiger partial charge < -0.3 is 19.5 Å². The van der Waals surface area contributed by atoms with Gasteiger partial charge in [0, 0.05) is 30.5 Å². The molecule has 1 N–H and O–H groups in total. The average Bonchev–Trinajstić information content (AvgIpc) is 3.07. The highest BCUT2D eigenvalue weighted by atomic mass is 32.1. The summed E-state index contributed by atoms with van der Waals surface area (Å²) in [6.07, 6.45) is 0.456. The Morgan fingerprint density at radius 3 is 2.95 bits per heavy atom. The maximum Gasteiger partial charge on any atom is 0.311 e. The smallest absolute Gasteiger partial charge is 0.311 e. The van der Waals surface area contributed by atoms with Crippen molar-refractivity contribution in [3.8, 4) is 5.75 Å². The van der Waals surface area contributed by atoms with Crippen molar-refractivity contribution in [2.75, 3.05) is 33.4 Å². The molecule has 0 bridgehead atoms. The first kappa shape index (κ1) is 15.3. The maximum absolute atomic E-state index is 12.8. The van der Waals surface area contributed by atoms with Gasteiger partial charge in [0.05, 0.1) is 19.1 Å². The molecule has 0 aromatic carbocycles. The van der Waals surface area contributed by atoms with Gasteiger partial charge in [-0.2, -0.15) is 0 Å². The molecule has 1 amide bonds. The van der Waals surface area contributed by atoms with Gasteiger partial charge in [-0.3, -0.25) is 9.59 Å². The second-order valence-corrected chi connectivity index (χ2v) is 7.18. The standard InChI is InChI=1S/C15H19NO5S/c1-9-5-11(20-2)12(22-9)13(17)16-6-10-7-21-4-3-15(10,8-16)14(18)19/h5,10H,3-4,6-8H2,1-2H3,(H,18,19)/t10-,15+/m0/s1. The lowest BCUT2D eigenvalue weighted by Gasteiger charge is -2.33. The number of ether oxygens (including phenoxy) is 2. The molecule has 1 aromatic rings. The van der Waals surface area contributed by atoms with Gasteiger partial charge in [-0.05, 0) is 19.4 Å². The third-order valence-corrected chi connectivity index (χ3v) is 5.68. The van der Waals surface area contributed by atoms with Crippen molar-refractivity contribution in [1.82, 2.24) is 4.90 Å². The van der Waals surface area contributed by atoms with Crippen molar-refractivity contribution < 1.29 is 24.2 Å². The Bertz CT molecular complexity index is 613. The molecule has 7 heteroatoms. The third kappa shape index (κ3) is 2.28. The highest BCUT2D eigenvalue weighted by Crippen LogP contribution is 2.43. The minimum Gasteiger partial charge on any atom is -0.495 e. The van der Waals surface area contributed by atoms with Crippen molar-refractivity contribution in [1.29, 1.82) is 0 Å². The van der Waals surface area contributed by atoms with Crippen LogP contribution >= 0.6 is 11.3 Å². The topological polar surface area (TPSA) is 76.1 Å². The molecule has 3 rings (SSSR count). The maximum atomic E-state index is 12.8. The minimum absolute atomic E-state index is 0.144. The molecule has 2 aliphatic heterocycles. The van der Waals surface area contributed by atoms with E-state index >= 15 is 0 Å². The molecule has 6 nitrogen and oxygen atoms in total. The van der Waals surface area contributed by atoms with E-state index in [0.717, 1.165) is 4.88 Å². The number of fused-ring (bicyclic) bond motifs is 1. The summed E-state index contributed by atoms with van der Waals surface area (Å²) in [5.74, 6) is -0.562. The van der Waals surface area contributed by atoms with Crippen molar-refractivity contribution in [2.45, 2.75) is 13.3 Å². The predicted octanol–water partition coefficient (Wildman–Crippen LogP) is 1.63.